The van der Waals surface area contributed by atoms with E-state index in [1.165, 1.54) is 47.9 Å². The number of nitrogens with zero attached hydrogens (tertiary/aromatic N) is 1. The summed E-state index contributed by atoms with van der Waals surface area (Å²) in [7, 11) is -4.77. The van der Waals surface area contributed by atoms with E-state index in [0.717, 1.165) is 0 Å². The number of nitrogens with one attached hydrogen (secondary N) is 2. The third-order valence-corrected chi connectivity index (χ3v) is 7.74. The molecule has 0 bridgehead atoms. The molecule has 0 aliphatic carbocycles. The minimum atomic E-state index is -4.77. The van der Waals surface area contributed by atoms with Gasteiger partial charge >= 0.3 is 76.7 Å². The predicted octanol–water partition coefficient (Wildman–Crippen LogP) is -1.75. The minimum absolute atomic E-state index is 0. The number of thiol groups is 1. The number of β-lactam (4-membered cyclic amide) rings is 1. The number of fused-ring (bicyclic) bond motifs is 1. The van der Waals surface area contributed by atoms with Gasteiger partial charge in [-0.2, -0.15) is 16.8 Å². The summed E-state index contributed by atoms with van der Waals surface area (Å²) in [6.07, 6.45) is 0. The second kappa shape index (κ2) is 16.6. The van der Waals surface area contributed by atoms with E-state index in [-0.39, 0.29) is 70.6 Å². The van der Waals surface area contributed by atoms with Gasteiger partial charge in [0.2, 0.25) is 17.7 Å². The maximum absolute atomic E-state index is 12.6. The van der Waals surface area contributed by atoms with Crippen LogP contribution in [-0.2, 0) is 40.9 Å². The third-order valence-electron chi connectivity index (χ3n) is 4.77. The monoisotopic (exact) mass is 617 g/mol. The topological polar surface area (TPSA) is 204 Å². The molecule has 3 amide bonds. The molecule has 19 heteroatoms. The van der Waals surface area contributed by atoms with Crippen molar-refractivity contribution >= 4 is 129 Å². The molecule has 198 valence electrons. The Morgan fingerprint density at radius 2 is 1.62 bits per heavy atom. The molecule has 2 saturated heterocycles. The van der Waals surface area contributed by atoms with Gasteiger partial charge in [0.15, 0.2) is 5.25 Å². The zero-order chi connectivity index (χ0) is 27.1. The average Bonchev–Trinajstić information content (AvgIpc) is 3.01. The number of benzene rings is 1. The predicted molar refractivity (Wildman–Crippen MR) is 142 cm³/mol. The van der Waals surface area contributed by atoms with Crippen LogP contribution in [-0.4, -0.2) is 136 Å². The van der Waals surface area contributed by atoms with Gasteiger partial charge in [-0.25, -0.2) is 4.79 Å². The first kappa shape index (κ1) is 38.7. The van der Waals surface area contributed by atoms with Gasteiger partial charge in [0.25, 0.3) is 10.1 Å². The molecule has 0 saturated carbocycles. The number of hydrogen-bond donors (Lipinski definition) is 5. The van der Waals surface area contributed by atoms with Crippen molar-refractivity contribution in [2.75, 3.05) is 0 Å². The Labute approximate surface area is 271 Å². The number of thioether (sulfide) groups is 1. The summed E-state index contributed by atoms with van der Waals surface area (Å²) in [6, 6.07) is 5.31. The van der Waals surface area contributed by atoms with Crippen molar-refractivity contribution in [2.45, 2.75) is 48.2 Å². The van der Waals surface area contributed by atoms with Crippen LogP contribution in [0.1, 0.15) is 31.6 Å². The number of carbonyl (C=O) groups is 4. The van der Waals surface area contributed by atoms with Gasteiger partial charge in [-0.05, 0) is 19.4 Å². The van der Waals surface area contributed by atoms with Crippen LogP contribution >= 0.6 is 24.6 Å². The van der Waals surface area contributed by atoms with Gasteiger partial charge in [-0.1, -0.05) is 43.1 Å². The standard InChI is InChI=1S/C16H18N2O7S2.C2H5NOS.2Na.O2S.2H/c1-16(2)11(15(21)22)18-13(20)9(14(18)26-16)17-12(19)10(27(23,24)25)8-6-4-3-5-7-8;1-2(4)3-5;;;1-3-2;;/h3-7,9-11,14H,1-2H3,(H,17,19)(H,21,22)(H,23,24,25);5H,1H3,(H,3,4);;;;;/t9-,10-,11+,14-;;;;;;/m1....../s1. The van der Waals surface area contributed by atoms with E-state index < -0.39 is 66.9 Å². The van der Waals surface area contributed by atoms with Gasteiger partial charge in [0, 0.05) is 11.7 Å². The number of hydrogen-bond acceptors (Lipinski definition) is 10. The van der Waals surface area contributed by atoms with Gasteiger partial charge < -0.3 is 20.0 Å². The van der Waals surface area contributed by atoms with Crippen molar-refractivity contribution in [3.8, 4) is 0 Å². The molecule has 2 heterocycles. The molecule has 3 rings (SSSR count). The number of aliphatic carboxylic acids is 1. The van der Waals surface area contributed by atoms with Crippen LogP contribution in [0, 0.1) is 0 Å². The van der Waals surface area contributed by atoms with E-state index in [2.05, 4.69) is 22.9 Å². The third kappa shape index (κ3) is 10.2. The number of carboxylic acids is 1. The summed E-state index contributed by atoms with van der Waals surface area (Å²) < 4.78 is 50.8. The van der Waals surface area contributed by atoms with Crippen molar-refractivity contribution in [1.82, 2.24) is 14.9 Å². The summed E-state index contributed by atoms with van der Waals surface area (Å²) in [6.45, 7) is 4.77. The molecule has 1 aromatic carbocycles. The van der Waals surface area contributed by atoms with Crippen molar-refractivity contribution in [3.63, 3.8) is 0 Å². The summed E-state index contributed by atoms with van der Waals surface area (Å²) in [4.78, 5) is 47.3. The van der Waals surface area contributed by atoms with E-state index >= 15 is 0 Å². The molecule has 1 aromatic rings. The summed E-state index contributed by atoms with van der Waals surface area (Å²) in [5.74, 6) is -2.92. The van der Waals surface area contributed by atoms with Gasteiger partial charge in [-0.3, -0.25) is 18.9 Å². The molecule has 0 spiro atoms. The first-order chi connectivity index (χ1) is 16.1. The number of amides is 3. The fourth-order valence-corrected chi connectivity index (χ4v) is 5.93. The Morgan fingerprint density at radius 1 is 1.16 bits per heavy atom. The Kier molecular flexibility index (Phi) is 17.3. The van der Waals surface area contributed by atoms with Gasteiger partial charge in [0.1, 0.15) is 17.5 Å². The molecule has 37 heavy (non-hydrogen) atoms. The normalized spacial score (nSPS) is 21.3. The zero-order valence-corrected chi connectivity index (χ0v) is 21.8. The van der Waals surface area contributed by atoms with Crippen LogP contribution in [0.5, 0.6) is 0 Å². The molecule has 2 aliphatic heterocycles. The van der Waals surface area contributed by atoms with Crippen LogP contribution in [0.4, 0.5) is 0 Å². The van der Waals surface area contributed by atoms with E-state index in [0.29, 0.717) is 0 Å². The molecule has 2 fully saturated rings. The number of carboxylic acid groups (broad SMARTS) is 1. The fourth-order valence-electron chi connectivity index (χ4n) is 3.46. The molecule has 4 N–H and O–H groups in total. The van der Waals surface area contributed by atoms with Crippen LogP contribution in [0.3, 0.4) is 0 Å². The molecular formula is C18H25N3Na2O10S4. The van der Waals surface area contributed by atoms with Crippen LogP contribution in [0.25, 0.3) is 0 Å². The fraction of sp³-hybridized carbons (Fsp3) is 0.444. The van der Waals surface area contributed by atoms with E-state index in [1.807, 2.05) is 0 Å². The average molecular weight is 618 g/mol. The van der Waals surface area contributed by atoms with Crippen LogP contribution in [0.2, 0.25) is 0 Å². The van der Waals surface area contributed by atoms with E-state index in [4.69, 9.17) is 8.42 Å². The summed E-state index contributed by atoms with van der Waals surface area (Å²) in [5, 5.41) is 9.26. The van der Waals surface area contributed by atoms with E-state index in [1.54, 1.807) is 19.9 Å². The molecule has 0 radical (unpaired) electrons. The Balaban J connectivity index is 0. The Hall–Kier alpha value is -0.470. The first-order valence-corrected chi connectivity index (χ1v) is 13.0. The molecule has 13 nitrogen and oxygen atoms in total. The molecule has 2 aliphatic rings. The second-order valence-electron chi connectivity index (χ2n) is 7.63. The van der Waals surface area contributed by atoms with Gasteiger partial charge in [0.05, 0.1) is 0 Å². The number of rotatable bonds is 5. The second-order valence-corrected chi connectivity index (χ2v) is 11.3. The maximum atomic E-state index is 12.6. The van der Waals surface area contributed by atoms with E-state index in [9.17, 15) is 37.3 Å². The van der Waals surface area contributed by atoms with Gasteiger partial charge in [-0.15, -0.1) is 11.8 Å². The zero-order valence-electron chi connectivity index (χ0n) is 18.5. The molecular weight excluding hydrogens is 592 g/mol. The first-order valence-electron chi connectivity index (χ1n) is 9.50. The van der Waals surface area contributed by atoms with Crippen LogP contribution in [0.15, 0.2) is 30.3 Å². The molecule has 0 aromatic heterocycles. The number of carbonyl (C=O) groups excluding carboxylic acids is 3. The summed E-state index contributed by atoms with van der Waals surface area (Å²) >= 11 is 3.89. The Bertz CT molecular complexity index is 1120. The molecule has 0 unspecified atom stereocenters. The van der Waals surface area contributed by atoms with Crippen LogP contribution < -0.4 is 10.0 Å². The Morgan fingerprint density at radius 3 is 2.00 bits per heavy atom. The van der Waals surface area contributed by atoms with Crippen molar-refractivity contribution in [3.05, 3.63) is 35.9 Å². The summed E-state index contributed by atoms with van der Waals surface area (Å²) in [5.41, 5.74) is 0.0592. The van der Waals surface area contributed by atoms with Crippen molar-refractivity contribution < 1.29 is 45.7 Å². The van der Waals surface area contributed by atoms with Crippen molar-refractivity contribution in [2.24, 2.45) is 0 Å². The van der Waals surface area contributed by atoms with Crippen molar-refractivity contribution in [1.29, 1.82) is 0 Å². The molecule has 4 atom stereocenters. The quantitative estimate of drug-likeness (QED) is 0.108. The SMILES string of the molecule is CC(=O)NS.CC1(C)S[C@@H]2[C@H](NC(=O)[C@@H](c3ccccc3)S(=O)(=O)O)C(=O)N2[C@H]1C(=O)O.O=S=O.[NaH].[NaH].